The number of hydrogen-bond acceptors (Lipinski definition) is 2. The van der Waals surface area contributed by atoms with Gasteiger partial charge in [-0.1, -0.05) is 29.3 Å². The Morgan fingerprint density at radius 1 is 1.24 bits per heavy atom. The van der Waals surface area contributed by atoms with Gasteiger partial charge >= 0.3 is 0 Å². The molecule has 1 aromatic carbocycles. The predicted molar refractivity (Wildman–Crippen MR) is 69.4 cm³/mol. The lowest BCUT2D eigenvalue weighted by atomic mass is 10.1. The minimum Gasteiger partial charge on any atom is -0.388 e. The third-order valence-corrected chi connectivity index (χ3v) is 3.89. The van der Waals surface area contributed by atoms with Crippen molar-refractivity contribution in [2.45, 2.75) is 12.5 Å². The van der Waals surface area contributed by atoms with E-state index in [2.05, 4.69) is 0 Å². The first-order valence-electron chi connectivity index (χ1n) is 4.93. The maximum atomic E-state index is 13.0. The summed E-state index contributed by atoms with van der Waals surface area (Å²) in [6.07, 6.45) is -0.262. The van der Waals surface area contributed by atoms with Gasteiger partial charge in [-0.05, 0) is 29.8 Å². The third-order valence-electron chi connectivity index (χ3n) is 2.35. The van der Waals surface area contributed by atoms with E-state index in [-0.39, 0.29) is 5.02 Å². The van der Waals surface area contributed by atoms with Crippen LogP contribution in [0.3, 0.4) is 0 Å². The molecule has 1 heterocycles. The summed E-state index contributed by atoms with van der Waals surface area (Å²) in [6.45, 7) is 0. The molecule has 17 heavy (non-hydrogen) atoms. The molecule has 0 aliphatic carbocycles. The zero-order chi connectivity index (χ0) is 12.4. The largest absolute Gasteiger partial charge is 0.388 e. The van der Waals surface area contributed by atoms with Gasteiger partial charge in [0.25, 0.3) is 0 Å². The fourth-order valence-electron chi connectivity index (χ4n) is 1.49. The van der Waals surface area contributed by atoms with Crippen LogP contribution in [0, 0.1) is 5.82 Å². The van der Waals surface area contributed by atoms with Gasteiger partial charge in [-0.3, -0.25) is 0 Å². The first-order valence-corrected chi connectivity index (χ1v) is 6.51. The second-order valence-corrected chi connectivity index (χ2v) is 5.81. The van der Waals surface area contributed by atoms with Gasteiger partial charge in [0.1, 0.15) is 5.82 Å². The fraction of sp³-hybridized carbons (Fsp3) is 0.167. The van der Waals surface area contributed by atoms with Gasteiger partial charge in [0.15, 0.2) is 0 Å². The highest BCUT2D eigenvalue weighted by molar-refractivity contribution is 7.16. The summed E-state index contributed by atoms with van der Waals surface area (Å²) in [6, 6.07) is 7.87. The standard InChI is InChI=1S/C12H9Cl2FOS/c13-9-5-7(1-3-10(9)15)11(16)6-8-2-4-12(14)17-8/h1-5,11,16H,6H2. The van der Waals surface area contributed by atoms with E-state index >= 15 is 0 Å². The molecule has 0 bridgehead atoms. The van der Waals surface area contributed by atoms with Crippen molar-refractivity contribution < 1.29 is 9.50 Å². The Bertz CT molecular complexity index is 527. The highest BCUT2D eigenvalue weighted by Crippen LogP contribution is 2.28. The van der Waals surface area contributed by atoms with E-state index in [1.165, 1.54) is 29.5 Å². The molecule has 0 fully saturated rings. The summed E-state index contributed by atoms with van der Waals surface area (Å²) in [4.78, 5) is 0.975. The van der Waals surface area contributed by atoms with Crippen LogP contribution in [0.2, 0.25) is 9.36 Å². The van der Waals surface area contributed by atoms with Gasteiger partial charge in [-0.15, -0.1) is 11.3 Å². The Morgan fingerprint density at radius 3 is 2.59 bits per heavy atom. The van der Waals surface area contributed by atoms with Crippen molar-refractivity contribution >= 4 is 34.5 Å². The van der Waals surface area contributed by atoms with Crippen LogP contribution in [0.15, 0.2) is 30.3 Å². The van der Waals surface area contributed by atoms with Crippen LogP contribution < -0.4 is 0 Å². The normalized spacial score (nSPS) is 12.7. The summed E-state index contributed by atoms with van der Waals surface area (Å²) >= 11 is 12.9. The van der Waals surface area contributed by atoms with Gasteiger partial charge in [-0.25, -0.2) is 4.39 Å². The van der Waals surface area contributed by atoms with E-state index in [0.717, 1.165) is 4.88 Å². The molecule has 1 nitrogen and oxygen atoms in total. The Balaban J connectivity index is 2.14. The lowest BCUT2D eigenvalue weighted by Gasteiger charge is -2.10. The molecule has 0 aliphatic rings. The monoisotopic (exact) mass is 290 g/mol. The fourth-order valence-corrected chi connectivity index (χ4v) is 2.80. The second-order valence-electron chi connectivity index (χ2n) is 3.60. The van der Waals surface area contributed by atoms with Crippen molar-refractivity contribution in [3.8, 4) is 0 Å². The molecule has 0 saturated carbocycles. The van der Waals surface area contributed by atoms with Gasteiger partial charge in [-0.2, -0.15) is 0 Å². The molecule has 2 aromatic rings. The summed E-state index contributed by atoms with van der Waals surface area (Å²) < 4.78 is 13.6. The van der Waals surface area contributed by atoms with Crippen molar-refractivity contribution in [3.05, 3.63) is 55.9 Å². The van der Waals surface area contributed by atoms with Crippen LogP contribution in [0.5, 0.6) is 0 Å². The second kappa shape index (κ2) is 5.36. The Labute approximate surface area is 112 Å². The Morgan fingerprint density at radius 2 is 2.00 bits per heavy atom. The van der Waals surface area contributed by atoms with Crippen LogP contribution in [-0.4, -0.2) is 5.11 Å². The third kappa shape index (κ3) is 3.19. The number of hydrogen-bond donors (Lipinski definition) is 1. The van der Waals surface area contributed by atoms with E-state index in [9.17, 15) is 9.50 Å². The number of benzene rings is 1. The maximum absolute atomic E-state index is 13.0. The van der Waals surface area contributed by atoms with Gasteiger partial charge < -0.3 is 5.11 Å². The zero-order valence-corrected chi connectivity index (χ0v) is 11.0. The molecule has 1 atom stereocenters. The number of thiophene rings is 1. The van der Waals surface area contributed by atoms with Crippen molar-refractivity contribution in [1.29, 1.82) is 0 Å². The molecule has 0 spiro atoms. The van der Waals surface area contributed by atoms with E-state index in [1.54, 1.807) is 6.07 Å². The summed E-state index contributed by atoms with van der Waals surface area (Å²) in [7, 11) is 0. The smallest absolute Gasteiger partial charge is 0.141 e. The molecule has 1 aromatic heterocycles. The molecule has 0 saturated heterocycles. The average Bonchev–Trinajstić information content (AvgIpc) is 2.68. The molecule has 0 aliphatic heterocycles. The van der Waals surface area contributed by atoms with Gasteiger partial charge in [0.2, 0.25) is 0 Å². The molecular formula is C12H9Cl2FOS. The molecule has 0 radical (unpaired) electrons. The molecule has 90 valence electrons. The molecule has 1 unspecified atom stereocenters. The molecule has 5 heteroatoms. The van der Waals surface area contributed by atoms with E-state index in [0.29, 0.717) is 16.3 Å². The van der Waals surface area contributed by atoms with Crippen LogP contribution >= 0.6 is 34.5 Å². The minimum atomic E-state index is -0.706. The Kier molecular flexibility index (Phi) is 4.05. The zero-order valence-electron chi connectivity index (χ0n) is 8.66. The lowest BCUT2D eigenvalue weighted by molar-refractivity contribution is 0.179. The maximum Gasteiger partial charge on any atom is 0.141 e. The van der Waals surface area contributed by atoms with Crippen LogP contribution in [0.1, 0.15) is 16.5 Å². The van der Waals surface area contributed by atoms with Crippen LogP contribution in [-0.2, 0) is 6.42 Å². The first-order chi connectivity index (χ1) is 8.06. The molecule has 2 rings (SSSR count). The summed E-state index contributed by atoms with van der Waals surface area (Å²) in [5.41, 5.74) is 0.598. The van der Waals surface area contributed by atoms with Crippen molar-refractivity contribution in [1.82, 2.24) is 0 Å². The quantitative estimate of drug-likeness (QED) is 0.884. The van der Waals surface area contributed by atoms with Crippen molar-refractivity contribution in [3.63, 3.8) is 0 Å². The Hall–Kier alpha value is -0.610. The van der Waals surface area contributed by atoms with Crippen LogP contribution in [0.4, 0.5) is 4.39 Å². The lowest BCUT2D eigenvalue weighted by Crippen LogP contribution is -2.00. The van der Waals surface area contributed by atoms with E-state index in [1.807, 2.05) is 6.07 Å². The van der Waals surface area contributed by atoms with Gasteiger partial charge in [0.05, 0.1) is 15.5 Å². The molecular weight excluding hydrogens is 282 g/mol. The summed E-state index contributed by atoms with van der Waals surface area (Å²) in [5, 5.41) is 10.0. The van der Waals surface area contributed by atoms with E-state index < -0.39 is 11.9 Å². The average molecular weight is 291 g/mol. The molecule has 1 N–H and O–H groups in total. The highest BCUT2D eigenvalue weighted by atomic mass is 35.5. The SMILES string of the molecule is OC(Cc1ccc(Cl)s1)c1ccc(F)c(Cl)c1. The highest BCUT2D eigenvalue weighted by Gasteiger charge is 2.12. The van der Waals surface area contributed by atoms with Crippen molar-refractivity contribution in [2.24, 2.45) is 0 Å². The van der Waals surface area contributed by atoms with Crippen LogP contribution in [0.25, 0.3) is 0 Å². The number of rotatable bonds is 3. The number of aliphatic hydroxyl groups excluding tert-OH is 1. The topological polar surface area (TPSA) is 20.2 Å². The predicted octanol–water partition coefficient (Wildman–Crippen LogP) is 4.47. The minimum absolute atomic E-state index is 0.0192. The number of aliphatic hydroxyl groups is 1. The number of halogens is 3. The van der Waals surface area contributed by atoms with Gasteiger partial charge in [0, 0.05) is 11.3 Å². The van der Waals surface area contributed by atoms with Crippen molar-refractivity contribution in [2.75, 3.05) is 0 Å². The summed E-state index contributed by atoms with van der Waals surface area (Å²) in [5.74, 6) is -0.484. The first kappa shape index (κ1) is 12.8. The van der Waals surface area contributed by atoms with E-state index in [4.69, 9.17) is 23.2 Å². The molecule has 0 amide bonds.